The van der Waals surface area contributed by atoms with Gasteiger partial charge in [0.05, 0.1) is 11.5 Å². The Morgan fingerprint density at radius 1 is 1.33 bits per heavy atom. The summed E-state index contributed by atoms with van der Waals surface area (Å²) >= 11 is 0. The third-order valence-corrected chi connectivity index (χ3v) is 6.20. The normalized spacial score (nSPS) is 17.7. The van der Waals surface area contributed by atoms with Crippen molar-refractivity contribution in [1.29, 1.82) is 0 Å². The van der Waals surface area contributed by atoms with Crippen molar-refractivity contribution in [3.8, 4) is 0 Å². The number of nitrogens with one attached hydrogen (secondary N) is 1. The van der Waals surface area contributed by atoms with Gasteiger partial charge in [-0.1, -0.05) is 6.07 Å². The summed E-state index contributed by atoms with van der Waals surface area (Å²) in [7, 11) is -0.703. The van der Waals surface area contributed by atoms with Crippen LogP contribution in [0.2, 0.25) is 0 Å². The molecule has 0 atom stereocenters. The minimum Gasteiger partial charge on any atom is -0.396 e. The molecule has 0 saturated carbocycles. The van der Waals surface area contributed by atoms with Crippen molar-refractivity contribution >= 4 is 15.9 Å². The second-order valence-corrected chi connectivity index (χ2v) is 8.42. The van der Waals surface area contributed by atoms with E-state index in [0.29, 0.717) is 32.6 Å². The van der Waals surface area contributed by atoms with Crippen LogP contribution < -0.4 is 5.32 Å². The maximum Gasteiger partial charge on any atom is 0.251 e. The minimum atomic E-state index is -3.59. The third kappa shape index (κ3) is 4.13. The smallest absolute Gasteiger partial charge is 0.251 e. The Hall–Kier alpha value is -1.48. The van der Waals surface area contributed by atoms with Gasteiger partial charge in [0.25, 0.3) is 5.91 Å². The molecule has 134 valence electrons. The Balaban J connectivity index is 2.10. The number of hydrogen-bond donors (Lipinski definition) is 2. The molecule has 1 saturated heterocycles. The molecule has 0 bridgehead atoms. The van der Waals surface area contributed by atoms with Gasteiger partial charge in [0.15, 0.2) is 0 Å². The van der Waals surface area contributed by atoms with E-state index in [9.17, 15) is 18.3 Å². The van der Waals surface area contributed by atoms with E-state index in [0.717, 1.165) is 4.31 Å². The molecular weight excluding hydrogens is 332 g/mol. The van der Waals surface area contributed by atoms with Crippen LogP contribution in [-0.2, 0) is 14.8 Å². The Morgan fingerprint density at radius 2 is 2.00 bits per heavy atom. The van der Waals surface area contributed by atoms with Crippen molar-refractivity contribution in [3.05, 3.63) is 29.8 Å². The second-order valence-electron chi connectivity index (χ2n) is 6.27. The number of amides is 1. The van der Waals surface area contributed by atoms with Gasteiger partial charge in [0.1, 0.15) is 0 Å². The number of benzene rings is 1. The highest BCUT2D eigenvalue weighted by molar-refractivity contribution is 7.89. The molecule has 2 N–H and O–H groups in total. The molecule has 0 spiro atoms. The van der Waals surface area contributed by atoms with Gasteiger partial charge in [-0.25, -0.2) is 12.7 Å². The molecule has 0 aliphatic carbocycles. The van der Waals surface area contributed by atoms with Crippen LogP contribution in [0.1, 0.15) is 23.2 Å². The van der Waals surface area contributed by atoms with Crippen LogP contribution in [0, 0.1) is 5.41 Å². The molecule has 1 aliphatic heterocycles. The lowest BCUT2D eigenvalue weighted by Gasteiger charge is -2.35. The predicted molar refractivity (Wildman–Crippen MR) is 89.2 cm³/mol. The van der Waals surface area contributed by atoms with Crippen molar-refractivity contribution < 1.29 is 23.1 Å². The van der Waals surface area contributed by atoms with Gasteiger partial charge in [-0.2, -0.15) is 0 Å². The number of carbonyl (C=O) groups is 1. The number of rotatable bonds is 6. The Labute approximate surface area is 142 Å². The lowest BCUT2D eigenvalue weighted by molar-refractivity contribution is -0.0146. The Bertz CT molecular complexity index is 681. The number of aliphatic hydroxyl groups is 1. The van der Waals surface area contributed by atoms with E-state index in [-0.39, 0.29) is 28.4 Å². The van der Waals surface area contributed by atoms with Gasteiger partial charge in [0, 0.05) is 44.8 Å². The van der Waals surface area contributed by atoms with Crippen molar-refractivity contribution in [1.82, 2.24) is 9.62 Å². The highest BCUT2D eigenvalue weighted by Gasteiger charge is 2.32. The zero-order valence-electron chi connectivity index (χ0n) is 14.0. The van der Waals surface area contributed by atoms with Crippen molar-refractivity contribution in [3.63, 3.8) is 0 Å². The molecule has 1 aromatic carbocycles. The number of hydrogen-bond acceptors (Lipinski definition) is 5. The monoisotopic (exact) mass is 356 g/mol. The predicted octanol–water partition coefficient (Wildman–Crippen LogP) is 0.456. The number of carbonyl (C=O) groups excluding carboxylic acids is 1. The van der Waals surface area contributed by atoms with Crippen LogP contribution in [0.5, 0.6) is 0 Å². The molecule has 2 rings (SSSR count). The van der Waals surface area contributed by atoms with Crippen molar-refractivity contribution in [2.75, 3.05) is 40.5 Å². The first-order chi connectivity index (χ1) is 11.3. The highest BCUT2D eigenvalue weighted by atomic mass is 32.2. The summed E-state index contributed by atoms with van der Waals surface area (Å²) in [5, 5.41) is 12.5. The number of nitrogens with zero attached hydrogens (tertiary/aromatic N) is 1. The summed E-state index contributed by atoms with van der Waals surface area (Å²) in [6.45, 7) is 1.43. The first-order valence-electron chi connectivity index (χ1n) is 7.80. The average molecular weight is 356 g/mol. The summed E-state index contributed by atoms with van der Waals surface area (Å²) in [6, 6.07) is 5.93. The molecule has 1 fully saturated rings. The van der Waals surface area contributed by atoms with Crippen LogP contribution in [-0.4, -0.2) is 64.2 Å². The summed E-state index contributed by atoms with van der Waals surface area (Å²) < 4.78 is 30.7. The summed E-state index contributed by atoms with van der Waals surface area (Å²) in [5.41, 5.74) is -0.0978. The fourth-order valence-electron chi connectivity index (χ4n) is 2.57. The summed E-state index contributed by atoms with van der Waals surface area (Å²) in [4.78, 5) is 12.4. The molecule has 0 radical (unpaired) electrons. The van der Waals surface area contributed by atoms with E-state index in [4.69, 9.17) is 4.74 Å². The quantitative estimate of drug-likeness (QED) is 0.772. The molecule has 24 heavy (non-hydrogen) atoms. The SMILES string of the molecule is CN(C)S(=O)(=O)c1cccc(C(=O)NCC2(CO)CCOCC2)c1. The molecule has 7 nitrogen and oxygen atoms in total. The van der Waals surface area contributed by atoms with Gasteiger partial charge < -0.3 is 15.2 Å². The molecule has 0 unspecified atom stereocenters. The molecule has 1 heterocycles. The molecule has 1 aliphatic rings. The second kappa shape index (κ2) is 7.60. The molecule has 8 heteroatoms. The lowest BCUT2D eigenvalue weighted by atomic mass is 9.81. The van der Waals surface area contributed by atoms with Gasteiger partial charge in [0.2, 0.25) is 10.0 Å². The van der Waals surface area contributed by atoms with Crippen LogP contribution in [0.3, 0.4) is 0 Å². The van der Waals surface area contributed by atoms with Gasteiger partial charge in [-0.05, 0) is 31.0 Å². The lowest BCUT2D eigenvalue weighted by Crippen LogP contribution is -2.43. The van der Waals surface area contributed by atoms with E-state index in [2.05, 4.69) is 5.32 Å². The number of sulfonamides is 1. The fourth-order valence-corrected chi connectivity index (χ4v) is 3.52. The topological polar surface area (TPSA) is 95.9 Å². The van der Waals surface area contributed by atoms with E-state index in [1.165, 1.54) is 26.2 Å². The molecular formula is C16H24N2O5S. The summed E-state index contributed by atoms with van der Waals surface area (Å²) in [6.07, 6.45) is 1.36. The molecule has 0 aromatic heterocycles. The third-order valence-electron chi connectivity index (χ3n) is 4.39. The molecule has 1 aromatic rings. The standard InChI is InChI=1S/C16H24N2O5S/c1-18(2)24(21,22)14-5-3-4-13(10-14)15(20)17-11-16(12-19)6-8-23-9-7-16/h3-5,10,19H,6-9,11-12H2,1-2H3,(H,17,20). The van der Waals surface area contributed by atoms with Crippen LogP contribution >= 0.6 is 0 Å². The van der Waals surface area contributed by atoms with Gasteiger partial charge >= 0.3 is 0 Å². The molecule has 1 amide bonds. The highest BCUT2D eigenvalue weighted by Crippen LogP contribution is 2.29. The summed E-state index contributed by atoms with van der Waals surface area (Å²) in [5.74, 6) is -0.356. The average Bonchev–Trinajstić information content (AvgIpc) is 2.60. The van der Waals surface area contributed by atoms with E-state index < -0.39 is 10.0 Å². The Morgan fingerprint density at radius 3 is 2.58 bits per heavy atom. The zero-order chi connectivity index (χ0) is 17.8. The van der Waals surface area contributed by atoms with Crippen LogP contribution in [0.4, 0.5) is 0 Å². The first-order valence-corrected chi connectivity index (χ1v) is 9.24. The van der Waals surface area contributed by atoms with E-state index in [1.807, 2.05) is 0 Å². The van der Waals surface area contributed by atoms with Crippen LogP contribution in [0.25, 0.3) is 0 Å². The van der Waals surface area contributed by atoms with E-state index >= 15 is 0 Å². The fraction of sp³-hybridized carbons (Fsp3) is 0.562. The van der Waals surface area contributed by atoms with Gasteiger partial charge in [-0.3, -0.25) is 4.79 Å². The van der Waals surface area contributed by atoms with Crippen molar-refractivity contribution in [2.45, 2.75) is 17.7 Å². The minimum absolute atomic E-state index is 0.0221. The number of aliphatic hydroxyl groups excluding tert-OH is 1. The Kier molecular flexibility index (Phi) is 5.97. The zero-order valence-corrected chi connectivity index (χ0v) is 14.8. The maximum absolute atomic E-state index is 12.4. The van der Waals surface area contributed by atoms with Crippen LogP contribution in [0.15, 0.2) is 29.2 Å². The van der Waals surface area contributed by atoms with Crippen molar-refractivity contribution in [2.24, 2.45) is 5.41 Å². The maximum atomic E-state index is 12.4. The number of ether oxygens (including phenoxy) is 1. The van der Waals surface area contributed by atoms with E-state index in [1.54, 1.807) is 12.1 Å². The largest absolute Gasteiger partial charge is 0.396 e. The van der Waals surface area contributed by atoms with Gasteiger partial charge in [-0.15, -0.1) is 0 Å². The first kappa shape index (κ1) is 18.9.